The van der Waals surface area contributed by atoms with E-state index >= 15 is 0 Å². The molecular formula is C28H38N8O4S2. The maximum Gasteiger partial charge on any atom is 0.238 e. The van der Waals surface area contributed by atoms with E-state index < -0.39 is 0 Å². The highest BCUT2D eigenvalue weighted by atomic mass is 32.1. The van der Waals surface area contributed by atoms with Crippen molar-refractivity contribution < 1.29 is 18.9 Å². The first-order valence-electron chi connectivity index (χ1n) is 13.7. The third-order valence-corrected chi connectivity index (χ3v) is 7.06. The van der Waals surface area contributed by atoms with E-state index in [-0.39, 0.29) is 0 Å². The maximum atomic E-state index is 5.67. The van der Waals surface area contributed by atoms with Gasteiger partial charge in [-0.1, -0.05) is 36.4 Å². The smallest absolute Gasteiger partial charge is 0.238 e. The summed E-state index contributed by atoms with van der Waals surface area (Å²) in [5.74, 6) is 1.35. The summed E-state index contributed by atoms with van der Waals surface area (Å²) in [7, 11) is 3.90. The minimum absolute atomic E-state index is 0.515. The Labute approximate surface area is 254 Å². The normalized spacial score (nSPS) is 11.0. The molecule has 0 fully saturated rings. The second-order valence-electron chi connectivity index (χ2n) is 9.07. The van der Waals surface area contributed by atoms with E-state index in [1.165, 1.54) is 23.1 Å². The zero-order valence-corrected chi connectivity index (χ0v) is 25.6. The van der Waals surface area contributed by atoms with Crippen molar-refractivity contribution in [3.8, 4) is 0 Å². The van der Waals surface area contributed by atoms with Gasteiger partial charge in [0.1, 0.15) is 0 Å². The number of benzene rings is 2. The molecule has 0 unspecified atom stereocenters. The Balaban J connectivity index is 0.928. The zero-order valence-electron chi connectivity index (χ0n) is 24.0. The molecule has 2 aromatic heterocycles. The summed E-state index contributed by atoms with van der Waals surface area (Å²) in [4.78, 5) is 13.0. The molecule has 0 bridgehead atoms. The number of para-hydroxylation sites is 2. The van der Waals surface area contributed by atoms with Crippen molar-refractivity contribution in [2.75, 3.05) is 100 Å². The molecule has 226 valence electrons. The molecule has 0 aliphatic rings. The Bertz CT molecular complexity index is 1170. The number of anilines is 6. The van der Waals surface area contributed by atoms with Crippen LogP contribution in [0.25, 0.3) is 0 Å². The summed E-state index contributed by atoms with van der Waals surface area (Å²) in [6.07, 6.45) is 0. The third kappa shape index (κ3) is 11.5. The SMILES string of the molecule is CN(CCOCCOCCOCCOCCN(C)c1nsc(Nc2ccccc2)n1)c1nsc(Nc2ccccc2)n1. The van der Waals surface area contributed by atoms with Gasteiger partial charge in [-0.2, -0.15) is 18.7 Å². The lowest BCUT2D eigenvalue weighted by atomic mass is 10.3. The molecule has 14 heteroatoms. The number of rotatable bonds is 21. The van der Waals surface area contributed by atoms with Crippen LogP contribution in [0.4, 0.5) is 33.5 Å². The number of nitrogens with zero attached hydrogens (tertiary/aromatic N) is 6. The fourth-order valence-corrected chi connectivity index (χ4v) is 4.77. The molecule has 2 heterocycles. The molecule has 0 spiro atoms. The molecule has 0 saturated heterocycles. The number of hydrogen-bond donors (Lipinski definition) is 2. The fourth-order valence-electron chi connectivity index (χ4n) is 3.50. The van der Waals surface area contributed by atoms with Crippen molar-refractivity contribution in [3.05, 3.63) is 60.7 Å². The molecule has 0 amide bonds. The molecule has 42 heavy (non-hydrogen) atoms. The van der Waals surface area contributed by atoms with E-state index in [9.17, 15) is 0 Å². The van der Waals surface area contributed by atoms with Crippen molar-refractivity contribution >= 4 is 56.6 Å². The standard InChI is InChI=1S/C28H38N8O4S2/c1-35(25-31-27(41-33-25)29-23-9-5-3-6-10-23)13-15-37-17-19-39-21-22-40-20-18-38-16-14-36(2)26-32-28(42-34-26)30-24-11-7-4-8-12-24/h3-12H,13-22H2,1-2H3,(H,29,31,33)(H,30,32,34). The summed E-state index contributed by atoms with van der Waals surface area (Å²) < 4.78 is 31.3. The molecule has 2 N–H and O–H groups in total. The Hall–Kier alpha value is -3.40. The number of nitrogens with one attached hydrogen (secondary N) is 2. The van der Waals surface area contributed by atoms with E-state index in [0.717, 1.165) is 21.6 Å². The van der Waals surface area contributed by atoms with Crippen molar-refractivity contribution in [3.63, 3.8) is 0 Å². The monoisotopic (exact) mass is 614 g/mol. The number of ether oxygens (including phenoxy) is 4. The van der Waals surface area contributed by atoms with Gasteiger partial charge in [-0.25, -0.2) is 0 Å². The number of likely N-dealkylation sites (N-methyl/N-ethyl adjacent to an activating group) is 2. The molecule has 12 nitrogen and oxygen atoms in total. The lowest BCUT2D eigenvalue weighted by Gasteiger charge is -2.15. The zero-order chi connectivity index (χ0) is 29.2. The van der Waals surface area contributed by atoms with Crippen LogP contribution in [0, 0.1) is 0 Å². The van der Waals surface area contributed by atoms with Gasteiger partial charge in [0.2, 0.25) is 22.2 Å². The number of hydrogen-bond acceptors (Lipinski definition) is 14. The largest absolute Gasteiger partial charge is 0.377 e. The van der Waals surface area contributed by atoms with Gasteiger partial charge in [-0.15, -0.1) is 0 Å². The van der Waals surface area contributed by atoms with E-state index in [2.05, 4.69) is 29.3 Å². The average molecular weight is 615 g/mol. The van der Waals surface area contributed by atoms with Gasteiger partial charge in [0.25, 0.3) is 0 Å². The Kier molecular flexibility index (Phi) is 13.7. The number of aromatic nitrogens is 4. The van der Waals surface area contributed by atoms with Gasteiger partial charge in [0, 0.05) is 61.6 Å². The highest BCUT2D eigenvalue weighted by molar-refractivity contribution is 7.10. The molecule has 2 aromatic carbocycles. The topological polar surface area (TPSA) is 119 Å². The lowest BCUT2D eigenvalue weighted by Crippen LogP contribution is -2.24. The summed E-state index contributed by atoms with van der Waals surface area (Å²) in [6.45, 7) is 5.61. The molecule has 4 rings (SSSR count). The maximum absolute atomic E-state index is 5.67. The van der Waals surface area contributed by atoms with Gasteiger partial charge in [-0.3, -0.25) is 0 Å². The molecule has 0 atom stereocenters. The Morgan fingerprint density at radius 2 is 0.905 bits per heavy atom. The highest BCUT2D eigenvalue weighted by Gasteiger charge is 2.10. The van der Waals surface area contributed by atoms with Crippen LogP contribution >= 0.6 is 23.1 Å². The van der Waals surface area contributed by atoms with E-state index in [4.69, 9.17) is 18.9 Å². The summed E-state index contributed by atoms with van der Waals surface area (Å²) in [5, 5.41) is 8.03. The third-order valence-electron chi connectivity index (χ3n) is 5.82. The van der Waals surface area contributed by atoms with Crippen molar-refractivity contribution in [1.82, 2.24) is 18.7 Å². The van der Waals surface area contributed by atoms with Crippen molar-refractivity contribution in [1.29, 1.82) is 0 Å². The average Bonchev–Trinajstić information content (AvgIpc) is 3.68. The van der Waals surface area contributed by atoms with Crippen LogP contribution in [-0.4, -0.2) is 98.8 Å². The van der Waals surface area contributed by atoms with Crippen LogP contribution < -0.4 is 20.4 Å². The predicted molar refractivity (Wildman–Crippen MR) is 169 cm³/mol. The first kappa shape index (κ1) is 31.5. The molecule has 0 aliphatic carbocycles. The summed E-state index contributed by atoms with van der Waals surface area (Å²) >= 11 is 2.67. The van der Waals surface area contributed by atoms with Gasteiger partial charge >= 0.3 is 0 Å². The second kappa shape index (κ2) is 18.2. The van der Waals surface area contributed by atoms with Gasteiger partial charge < -0.3 is 39.4 Å². The fraction of sp³-hybridized carbons (Fsp3) is 0.429. The molecule has 0 radical (unpaired) electrons. The van der Waals surface area contributed by atoms with Crippen molar-refractivity contribution in [2.24, 2.45) is 0 Å². The van der Waals surface area contributed by atoms with Crippen LogP contribution in [-0.2, 0) is 18.9 Å². The molecule has 4 aromatic rings. The first-order valence-corrected chi connectivity index (χ1v) is 15.3. The van der Waals surface area contributed by atoms with E-state index in [1.807, 2.05) is 84.6 Å². The minimum Gasteiger partial charge on any atom is -0.377 e. The highest BCUT2D eigenvalue weighted by Crippen LogP contribution is 2.22. The first-order chi connectivity index (χ1) is 20.7. The van der Waals surface area contributed by atoms with Gasteiger partial charge in [0.15, 0.2) is 0 Å². The predicted octanol–water partition coefficient (Wildman–Crippen LogP) is 4.52. The van der Waals surface area contributed by atoms with Crippen molar-refractivity contribution in [2.45, 2.75) is 0 Å². The van der Waals surface area contributed by atoms with Gasteiger partial charge in [-0.05, 0) is 24.3 Å². The van der Waals surface area contributed by atoms with Crippen LogP contribution in [0.15, 0.2) is 60.7 Å². The summed E-state index contributed by atoms with van der Waals surface area (Å²) in [6, 6.07) is 19.8. The molecular weight excluding hydrogens is 576 g/mol. The van der Waals surface area contributed by atoms with Crippen LogP contribution in [0.2, 0.25) is 0 Å². The van der Waals surface area contributed by atoms with Gasteiger partial charge in [0.05, 0.1) is 52.9 Å². The van der Waals surface area contributed by atoms with Crippen LogP contribution in [0.1, 0.15) is 0 Å². The lowest BCUT2D eigenvalue weighted by molar-refractivity contribution is -0.000278. The summed E-state index contributed by atoms with van der Waals surface area (Å²) in [5.41, 5.74) is 1.97. The Morgan fingerprint density at radius 3 is 1.29 bits per heavy atom. The molecule has 0 aliphatic heterocycles. The van der Waals surface area contributed by atoms with Crippen LogP contribution in [0.5, 0.6) is 0 Å². The minimum atomic E-state index is 0.515. The quantitative estimate of drug-likeness (QED) is 0.129. The molecule has 0 saturated carbocycles. The van der Waals surface area contributed by atoms with Crippen LogP contribution in [0.3, 0.4) is 0 Å². The Morgan fingerprint density at radius 1 is 0.548 bits per heavy atom. The van der Waals surface area contributed by atoms with E-state index in [0.29, 0.717) is 77.8 Å². The van der Waals surface area contributed by atoms with E-state index in [1.54, 1.807) is 0 Å². The second-order valence-corrected chi connectivity index (χ2v) is 10.6.